The fourth-order valence-electron chi connectivity index (χ4n) is 1.38. The van der Waals surface area contributed by atoms with Crippen LogP contribution in [0.2, 0.25) is 0 Å². The summed E-state index contributed by atoms with van der Waals surface area (Å²) < 4.78 is 18.3. The van der Waals surface area contributed by atoms with Crippen LogP contribution in [-0.2, 0) is 0 Å². The highest BCUT2D eigenvalue weighted by atomic mass is 35.5. The van der Waals surface area contributed by atoms with E-state index in [4.69, 9.17) is 16.0 Å². The molecule has 1 heterocycles. The number of benzene rings is 1. The Morgan fingerprint density at radius 1 is 1.33 bits per heavy atom. The molecule has 0 radical (unpaired) electrons. The SMILES string of the molecule is Fc1ccc2oc(/C=C/CCCl)cc2c1. The highest BCUT2D eigenvalue weighted by Gasteiger charge is 2.01. The van der Waals surface area contributed by atoms with Gasteiger partial charge in [-0.2, -0.15) is 0 Å². The molecule has 0 aliphatic heterocycles. The second-order valence-electron chi connectivity index (χ2n) is 3.21. The Morgan fingerprint density at radius 2 is 2.20 bits per heavy atom. The number of furan rings is 1. The van der Waals surface area contributed by atoms with Gasteiger partial charge in [0.2, 0.25) is 0 Å². The zero-order valence-electron chi connectivity index (χ0n) is 8.04. The quantitative estimate of drug-likeness (QED) is 0.712. The maximum absolute atomic E-state index is 12.9. The topological polar surface area (TPSA) is 13.1 Å². The van der Waals surface area contributed by atoms with Gasteiger partial charge in [-0.3, -0.25) is 0 Å². The van der Waals surface area contributed by atoms with Crippen molar-refractivity contribution in [1.29, 1.82) is 0 Å². The minimum atomic E-state index is -0.250. The van der Waals surface area contributed by atoms with Crippen molar-refractivity contribution in [3.63, 3.8) is 0 Å². The van der Waals surface area contributed by atoms with Crippen molar-refractivity contribution in [3.05, 3.63) is 41.9 Å². The predicted octanol–water partition coefficient (Wildman–Crippen LogP) is 4.21. The Kier molecular flexibility index (Phi) is 3.07. The lowest BCUT2D eigenvalue weighted by atomic mass is 10.2. The third kappa shape index (κ3) is 2.39. The van der Waals surface area contributed by atoms with Crippen LogP contribution in [0.25, 0.3) is 17.0 Å². The fraction of sp³-hybridized carbons (Fsp3) is 0.167. The molecule has 2 aromatic rings. The van der Waals surface area contributed by atoms with Gasteiger partial charge in [-0.05, 0) is 36.8 Å². The highest BCUT2D eigenvalue weighted by Crippen LogP contribution is 2.21. The lowest BCUT2D eigenvalue weighted by Gasteiger charge is -1.86. The molecule has 0 fully saturated rings. The number of halogens is 2. The Balaban J connectivity index is 2.30. The molecule has 2 rings (SSSR count). The Bertz CT molecular complexity index is 487. The lowest BCUT2D eigenvalue weighted by Crippen LogP contribution is -1.68. The van der Waals surface area contributed by atoms with Gasteiger partial charge in [0.1, 0.15) is 17.2 Å². The average Bonchev–Trinajstić information content (AvgIpc) is 2.60. The first-order chi connectivity index (χ1) is 7.29. The van der Waals surface area contributed by atoms with E-state index in [1.54, 1.807) is 6.07 Å². The second-order valence-corrected chi connectivity index (χ2v) is 3.59. The van der Waals surface area contributed by atoms with Gasteiger partial charge in [0.05, 0.1) is 0 Å². The van der Waals surface area contributed by atoms with Gasteiger partial charge in [0, 0.05) is 11.3 Å². The minimum Gasteiger partial charge on any atom is -0.457 e. The maximum Gasteiger partial charge on any atom is 0.134 e. The van der Waals surface area contributed by atoms with Crippen LogP contribution in [0.15, 0.2) is 34.8 Å². The highest BCUT2D eigenvalue weighted by molar-refractivity contribution is 6.17. The zero-order valence-corrected chi connectivity index (χ0v) is 8.80. The molecule has 0 aliphatic rings. The van der Waals surface area contributed by atoms with Crippen LogP contribution in [0.4, 0.5) is 4.39 Å². The molecule has 78 valence electrons. The smallest absolute Gasteiger partial charge is 0.134 e. The van der Waals surface area contributed by atoms with E-state index >= 15 is 0 Å². The molecule has 0 atom stereocenters. The minimum absolute atomic E-state index is 0.250. The first-order valence-corrected chi connectivity index (χ1v) is 5.24. The third-order valence-corrected chi connectivity index (χ3v) is 2.27. The van der Waals surface area contributed by atoms with Gasteiger partial charge in [0.15, 0.2) is 0 Å². The number of allylic oxidation sites excluding steroid dienone is 1. The van der Waals surface area contributed by atoms with E-state index in [0.717, 1.165) is 17.6 Å². The summed E-state index contributed by atoms with van der Waals surface area (Å²) >= 11 is 5.54. The van der Waals surface area contributed by atoms with E-state index in [0.29, 0.717) is 11.5 Å². The van der Waals surface area contributed by atoms with E-state index in [1.165, 1.54) is 12.1 Å². The summed E-state index contributed by atoms with van der Waals surface area (Å²) in [7, 11) is 0. The van der Waals surface area contributed by atoms with Crippen molar-refractivity contribution in [2.75, 3.05) is 5.88 Å². The Hall–Kier alpha value is -1.28. The van der Waals surface area contributed by atoms with Crippen LogP contribution in [0.5, 0.6) is 0 Å². The van der Waals surface area contributed by atoms with Gasteiger partial charge in [-0.15, -0.1) is 11.6 Å². The number of hydrogen-bond acceptors (Lipinski definition) is 1. The molecular weight excluding hydrogens is 215 g/mol. The van der Waals surface area contributed by atoms with Crippen molar-refractivity contribution < 1.29 is 8.81 Å². The van der Waals surface area contributed by atoms with Crippen LogP contribution in [0.3, 0.4) is 0 Å². The molecule has 1 aromatic carbocycles. The van der Waals surface area contributed by atoms with Crippen molar-refractivity contribution in [3.8, 4) is 0 Å². The number of fused-ring (bicyclic) bond motifs is 1. The maximum atomic E-state index is 12.9. The van der Waals surface area contributed by atoms with Gasteiger partial charge < -0.3 is 4.42 Å². The Labute approximate surface area is 92.1 Å². The molecule has 0 spiro atoms. The molecule has 1 nitrogen and oxygen atoms in total. The van der Waals surface area contributed by atoms with Crippen LogP contribution >= 0.6 is 11.6 Å². The first kappa shape index (κ1) is 10.2. The van der Waals surface area contributed by atoms with Crippen molar-refractivity contribution >= 4 is 28.6 Å². The van der Waals surface area contributed by atoms with Gasteiger partial charge in [-0.25, -0.2) is 4.39 Å². The average molecular weight is 225 g/mol. The lowest BCUT2D eigenvalue weighted by molar-refractivity contribution is 0.600. The number of hydrogen-bond donors (Lipinski definition) is 0. The molecule has 0 bridgehead atoms. The van der Waals surface area contributed by atoms with E-state index in [-0.39, 0.29) is 5.82 Å². The molecule has 0 aliphatic carbocycles. The molecular formula is C12H10ClFO. The summed E-state index contributed by atoms with van der Waals surface area (Å²) in [5.41, 5.74) is 0.696. The molecule has 0 saturated carbocycles. The predicted molar refractivity (Wildman–Crippen MR) is 60.5 cm³/mol. The summed E-state index contributed by atoms with van der Waals surface area (Å²) in [5.74, 6) is 1.06. The van der Waals surface area contributed by atoms with E-state index < -0.39 is 0 Å². The van der Waals surface area contributed by atoms with E-state index in [9.17, 15) is 4.39 Å². The zero-order chi connectivity index (χ0) is 10.7. The summed E-state index contributed by atoms with van der Waals surface area (Å²) in [6.45, 7) is 0. The monoisotopic (exact) mass is 224 g/mol. The summed E-state index contributed by atoms with van der Waals surface area (Å²) in [6, 6.07) is 6.28. The van der Waals surface area contributed by atoms with Crippen LogP contribution in [0, 0.1) is 5.82 Å². The number of rotatable bonds is 3. The molecule has 0 N–H and O–H groups in total. The van der Waals surface area contributed by atoms with Crippen LogP contribution in [-0.4, -0.2) is 5.88 Å². The largest absolute Gasteiger partial charge is 0.457 e. The van der Waals surface area contributed by atoms with Crippen LogP contribution < -0.4 is 0 Å². The standard InChI is InChI=1S/C12H10ClFO/c13-6-2-1-3-11-8-9-7-10(14)4-5-12(9)15-11/h1,3-5,7-8H,2,6H2/b3-1+. The van der Waals surface area contributed by atoms with Gasteiger partial charge >= 0.3 is 0 Å². The normalized spacial score (nSPS) is 11.6. The van der Waals surface area contributed by atoms with Crippen molar-refractivity contribution in [2.24, 2.45) is 0 Å². The third-order valence-electron chi connectivity index (χ3n) is 2.06. The van der Waals surface area contributed by atoms with Gasteiger partial charge in [0.25, 0.3) is 0 Å². The summed E-state index contributed by atoms with van der Waals surface area (Å²) in [6.07, 6.45) is 4.58. The van der Waals surface area contributed by atoms with E-state index in [1.807, 2.05) is 18.2 Å². The first-order valence-electron chi connectivity index (χ1n) is 4.71. The number of alkyl halides is 1. The molecule has 3 heteroatoms. The second kappa shape index (κ2) is 4.49. The fourth-order valence-corrected chi connectivity index (χ4v) is 1.51. The molecule has 0 saturated heterocycles. The summed E-state index contributed by atoms with van der Waals surface area (Å²) in [5, 5.41) is 0.778. The molecule has 0 amide bonds. The van der Waals surface area contributed by atoms with Gasteiger partial charge in [-0.1, -0.05) is 6.08 Å². The summed E-state index contributed by atoms with van der Waals surface area (Å²) in [4.78, 5) is 0. The molecule has 15 heavy (non-hydrogen) atoms. The molecule has 1 aromatic heterocycles. The van der Waals surface area contributed by atoms with E-state index in [2.05, 4.69) is 0 Å². The van der Waals surface area contributed by atoms with Crippen molar-refractivity contribution in [1.82, 2.24) is 0 Å². The molecule has 0 unspecified atom stereocenters. The van der Waals surface area contributed by atoms with Crippen LogP contribution in [0.1, 0.15) is 12.2 Å². The van der Waals surface area contributed by atoms with Crippen molar-refractivity contribution in [2.45, 2.75) is 6.42 Å². The Morgan fingerprint density at radius 3 is 3.00 bits per heavy atom.